The molecule has 11 heteroatoms. The summed E-state index contributed by atoms with van der Waals surface area (Å²) in [6, 6.07) is 5.31. The Morgan fingerprint density at radius 2 is 1.65 bits per heavy atom. The van der Waals surface area contributed by atoms with E-state index in [4.69, 9.17) is 0 Å². The van der Waals surface area contributed by atoms with E-state index in [1.807, 2.05) is 19.0 Å². The van der Waals surface area contributed by atoms with Crippen LogP contribution >= 0.6 is 0 Å². The van der Waals surface area contributed by atoms with Crippen LogP contribution in [0.15, 0.2) is 34.1 Å². The Hall–Kier alpha value is -1.53. The lowest BCUT2D eigenvalue weighted by Gasteiger charge is -2.31. The van der Waals surface area contributed by atoms with Crippen LogP contribution in [-0.2, 0) is 24.8 Å². The average Bonchev–Trinajstić information content (AvgIpc) is 2.74. The summed E-state index contributed by atoms with van der Waals surface area (Å²) in [6.45, 7) is 5.86. The number of carbonyl (C=O) groups excluding carboxylic acids is 1. The molecule has 1 atom stereocenters. The monoisotopic (exact) mass is 474 g/mol. The summed E-state index contributed by atoms with van der Waals surface area (Å²) in [7, 11) is -3.64. The Kier molecular flexibility index (Phi) is 9.02. The molecule has 0 aromatic heterocycles. The topological polar surface area (TPSA) is 107 Å². The highest BCUT2D eigenvalue weighted by Gasteiger charge is 2.33. The minimum absolute atomic E-state index is 0.0275. The SMILES string of the molecule is CCN(CC)S(=O)(=O)c1ccc(S(=O)(=O)N2CCC[C@@H](C(=O)NCCN(C)C)C2)cc1. The largest absolute Gasteiger partial charge is 0.355 e. The van der Waals surface area contributed by atoms with Crippen molar-refractivity contribution < 1.29 is 21.6 Å². The molecular formula is C20H34N4O5S2. The molecular weight excluding hydrogens is 440 g/mol. The van der Waals surface area contributed by atoms with Gasteiger partial charge in [-0.25, -0.2) is 16.8 Å². The number of piperidine rings is 1. The first-order valence-corrected chi connectivity index (χ1v) is 13.4. The number of sulfonamides is 2. The molecule has 2 rings (SSSR count). The van der Waals surface area contributed by atoms with Crippen molar-refractivity contribution in [3.63, 3.8) is 0 Å². The Labute approximate surface area is 186 Å². The summed E-state index contributed by atoms with van der Waals surface area (Å²) >= 11 is 0. The van der Waals surface area contributed by atoms with Crippen LogP contribution in [0, 0.1) is 5.92 Å². The molecule has 9 nitrogen and oxygen atoms in total. The first kappa shape index (κ1) is 25.7. The van der Waals surface area contributed by atoms with Crippen molar-refractivity contribution in [2.75, 3.05) is 53.4 Å². The van der Waals surface area contributed by atoms with Gasteiger partial charge >= 0.3 is 0 Å². The van der Waals surface area contributed by atoms with Crippen molar-refractivity contribution in [3.05, 3.63) is 24.3 Å². The van der Waals surface area contributed by atoms with Gasteiger partial charge in [-0.05, 0) is 51.2 Å². The van der Waals surface area contributed by atoms with Crippen LogP contribution in [0.25, 0.3) is 0 Å². The second-order valence-corrected chi connectivity index (χ2v) is 11.7. The van der Waals surface area contributed by atoms with Crippen LogP contribution in [-0.4, -0.2) is 89.6 Å². The van der Waals surface area contributed by atoms with Gasteiger partial charge in [0.25, 0.3) is 0 Å². The highest BCUT2D eigenvalue weighted by molar-refractivity contribution is 7.89. The molecule has 0 bridgehead atoms. The minimum atomic E-state index is -3.82. The van der Waals surface area contributed by atoms with Crippen LogP contribution in [0.3, 0.4) is 0 Å². The molecule has 1 amide bonds. The second kappa shape index (κ2) is 10.9. The predicted molar refractivity (Wildman–Crippen MR) is 120 cm³/mol. The number of hydrogen-bond acceptors (Lipinski definition) is 6. The third-order valence-corrected chi connectivity index (χ3v) is 9.36. The molecule has 1 aliphatic rings. The fourth-order valence-electron chi connectivity index (χ4n) is 3.57. The lowest BCUT2D eigenvalue weighted by molar-refractivity contribution is -0.126. The van der Waals surface area contributed by atoms with Crippen LogP contribution < -0.4 is 5.32 Å². The van der Waals surface area contributed by atoms with Crippen LogP contribution in [0.4, 0.5) is 0 Å². The predicted octanol–water partition coefficient (Wildman–Crippen LogP) is 0.796. The molecule has 1 aromatic rings. The molecule has 0 spiro atoms. The standard InChI is InChI=1S/C20H34N4O5S2/c1-5-23(6-2)30(26,27)18-9-11-19(12-10-18)31(28,29)24-14-7-8-17(16-24)20(25)21-13-15-22(3)4/h9-12,17H,5-8,13-16H2,1-4H3,(H,21,25)/t17-/m1/s1. The number of nitrogens with zero attached hydrogens (tertiary/aromatic N) is 3. The number of hydrogen-bond donors (Lipinski definition) is 1. The number of rotatable bonds is 10. The van der Waals surface area contributed by atoms with Gasteiger partial charge in [0.05, 0.1) is 15.7 Å². The third kappa shape index (κ3) is 6.26. The lowest BCUT2D eigenvalue weighted by atomic mass is 9.99. The summed E-state index contributed by atoms with van der Waals surface area (Å²) in [4.78, 5) is 14.5. The van der Waals surface area contributed by atoms with Crippen molar-refractivity contribution in [1.82, 2.24) is 18.8 Å². The fourth-order valence-corrected chi connectivity index (χ4v) is 6.55. The zero-order chi connectivity index (χ0) is 23.2. The molecule has 0 radical (unpaired) electrons. The van der Waals surface area contributed by atoms with Crippen molar-refractivity contribution in [1.29, 1.82) is 0 Å². The second-order valence-electron chi connectivity index (χ2n) is 7.86. The third-order valence-electron chi connectivity index (χ3n) is 5.42. The Balaban J connectivity index is 2.13. The first-order valence-electron chi connectivity index (χ1n) is 10.6. The minimum Gasteiger partial charge on any atom is -0.355 e. The van der Waals surface area contributed by atoms with E-state index in [-0.39, 0.29) is 22.2 Å². The van der Waals surface area contributed by atoms with Gasteiger partial charge in [0.1, 0.15) is 0 Å². The summed E-state index contributed by atoms with van der Waals surface area (Å²) in [5.41, 5.74) is 0. The summed E-state index contributed by atoms with van der Waals surface area (Å²) in [5, 5.41) is 2.87. The number of benzene rings is 1. The van der Waals surface area contributed by atoms with Gasteiger partial charge in [-0.15, -0.1) is 0 Å². The van der Waals surface area contributed by atoms with Gasteiger partial charge in [-0.1, -0.05) is 13.8 Å². The summed E-state index contributed by atoms with van der Waals surface area (Å²) in [6.07, 6.45) is 1.24. The number of likely N-dealkylation sites (N-methyl/N-ethyl adjacent to an activating group) is 1. The van der Waals surface area contributed by atoms with E-state index in [2.05, 4.69) is 5.32 Å². The Morgan fingerprint density at radius 1 is 1.06 bits per heavy atom. The maximum absolute atomic E-state index is 13.1. The quantitative estimate of drug-likeness (QED) is 0.537. The maximum atomic E-state index is 13.1. The van der Waals surface area contributed by atoms with E-state index in [1.54, 1.807) is 13.8 Å². The van der Waals surface area contributed by atoms with Crippen LogP contribution in [0.1, 0.15) is 26.7 Å². The molecule has 1 saturated heterocycles. The van der Waals surface area contributed by atoms with E-state index < -0.39 is 26.0 Å². The number of amides is 1. The molecule has 1 aromatic carbocycles. The molecule has 1 heterocycles. The van der Waals surface area contributed by atoms with E-state index in [0.717, 1.165) is 0 Å². The fraction of sp³-hybridized carbons (Fsp3) is 0.650. The molecule has 1 fully saturated rings. The van der Waals surface area contributed by atoms with E-state index >= 15 is 0 Å². The molecule has 0 unspecified atom stereocenters. The molecule has 0 saturated carbocycles. The zero-order valence-corrected chi connectivity index (χ0v) is 20.4. The molecule has 1 aliphatic heterocycles. The average molecular weight is 475 g/mol. The highest BCUT2D eigenvalue weighted by Crippen LogP contribution is 2.25. The smallest absolute Gasteiger partial charge is 0.243 e. The van der Waals surface area contributed by atoms with Gasteiger partial charge in [-0.3, -0.25) is 4.79 Å². The maximum Gasteiger partial charge on any atom is 0.243 e. The van der Waals surface area contributed by atoms with Crippen LogP contribution in [0.2, 0.25) is 0 Å². The van der Waals surface area contributed by atoms with E-state index in [9.17, 15) is 21.6 Å². The Bertz CT molecular complexity index is 942. The zero-order valence-electron chi connectivity index (χ0n) is 18.7. The molecule has 176 valence electrons. The normalized spacial score (nSPS) is 18.5. The molecule has 1 N–H and O–H groups in total. The number of carbonyl (C=O) groups is 1. The molecule has 31 heavy (non-hydrogen) atoms. The Morgan fingerprint density at radius 3 is 2.19 bits per heavy atom. The van der Waals surface area contributed by atoms with Gasteiger partial charge < -0.3 is 10.2 Å². The van der Waals surface area contributed by atoms with Crippen molar-refractivity contribution in [2.45, 2.75) is 36.5 Å². The van der Waals surface area contributed by atoms with Gasteiger partial charge in [0.15, 0.2) is 0 Å². The highest BCUT2D eigenvalue weighted by atomic mass is 32.2. The lowest BCUT2D eigenvalue weighted by Crippen LogP contribution is -2.46. The molecule has 0 aliphatic carbocycles. The number of nitrogens with one attached hydrogen (secondary N) is 1. The summed E-state index contributed by atoms with van der Waals surface area (Å²) < 4.78 is 54.1. The van der Waals surface area contributed by atoms with Crippen molar-refractivity contribution in [2.24, 2.45) is 5.92 Å². The van der Waals surface area contributed by atoms with E-state index in [1.165, 1.54) is 32.9 Å². The van der Waals surface area contributed by atoms with Gasteiger partial charge in [0.2, 0.25) is 26.0 Å². The van der Waals surface area contributed by atoms with Gasteiger partial charge in [-0.2, -0.15) is 8.61 Å². The van der Waals surface area contributed by atoms with Gasteiger partial charge in [0, 0.05) is 39.3 Å². The first-order chi connectivity index (χ1) is 14.5. The van der Waals surface area contributed by atoms with Crippen molar-refractivity contribution >= 4 is 26.0 Å². The van der Waals surface area contributed by atoms with E-state index in [0.29, 0.717) is 45.6 Å². The summed E-state index contributed by atoms with van der Waals surface area (Å²) in [5.74, 6) is -0.532. The van der Waals surface area contributed by atoms with Crippen LogP contribution in [0.5, 0.6) is 0 Å². The van der Waals surface area contributed by atoms with Crippen molar-refractivity contribution in [3.8, 4) is 0 Å².